The van der Waals surface area contributed by atoms with Crippen LogP contribution in [0.4, 0.5) is 0 Å². The van der Waals surface area contributed by atoms with Gasteiger partial charge in [0.15, 0.2) is 0 Å². The van der Waals surface area contributed by atoms with E-state index in [0.717, 1.165) is 12.0 Å². The zero-order valence-electron chi connectivity index (χ0n) is 12.2. The van der Waals surface area contributed by atoms with Gasteiger partial charge in [0, 0.05) is 24.7 Å². The molecule has 1 N–H and O–H groups in total. The van der Waals surface area contributed by atoms with Crippen molar-refractivity contribution < 1.29 is 5.11 Å². The number of aliphatic hydroxyl groups excluding tert-OH is 1. The third-order valence-corrected chi connectivity index (χ3v) is 4.02. The van der Waals surface area contributed by atoms with Gasteiger partial charge in [0.25, 0.3) is 0 Å². The van der Waals surface area contributed by atoms with Crippen LogP contribution in [-0.2, 0) is 6.42 Å². The van der Waals surface area contributed by atoms with Crippen LogP contribution in [0.1, 0.15) is 37.3 Å². The highest BCUT2D eigenvalue weighted by Crippen LogP contribution is 2.31. The fourth-order valence-corrected chi connectivity index (χ4v) is 2.75. The van der Waals surface area contributed by atoms with Gasteiger partial charge in [-0.15, -0.1) is 0 Å². The molecule has 0 saturated carbocycles. The number of nitrogens with zero attached hydrogens (tertiary/aromatic N) is 1. The van der Waals surface area contributed by atoms with Crippen LogP contribution >= 0.6 is 0 Å². The number of benzene rings is 1. The molecule has 0 aliphatic carbocycles. The Labute approximate surface area is 121 Å². The average molecular weight is 269 g/mol. The van der Waals surface area contributed by atoms with Crippen molar-refractivity contribution in [1.29, 1.82) is 0 Å². The number of hydrogen-bond acceptors (Lipinski definition) is 2. The first-order chi connectivity index (χ1) is 9.72. The van der Waals surface area contributed by atoms with Crippen LogP contribution in [0.2, 0.25) is 0 Å². The van der Waals surface area contributed by atoms with E-state index < -0.39 is 0 Å². The van der Waals surface area contributed by atoms with Crippen molar-refractivity contribution in [1.82, 2.24) is 4.98 Å². The van der Waals surface area contributed by atoms with Gasteiger partial charge in [-0.3, -0.25) is 4.98 Å². The molecule has 2 heteroatoms. The summed E-state index contributed by atoms with van der Waals surface area (Å²) in [4.78, 5) is 4.12. The molecule has 0 radical (unpaired) electrons. The Kier molecular flexibility index (Phi) is 5.31. The fraction of sp³-hybridized carbons (Fsp3) is 0.389. The van der Waals surface area contributed by atoms with E-state index in [9.17, 15) is 5.11 Å². The second-order valence-corrected chi connectivity index (χ2v) is 5.45. The first kappa shape index (κ1) is 14.7. The standard InChI is InChI=1S/C18H23NO/c1-3-14(2)18(16-9-5-4-6-10-16)17(20)12-15-8-7-11-19-13-15/h4-11,13-14,17-18,20H,3,12H2,1-2H3. The van der Waals surface area contributed by atoms with E-state index in [0.29, 0.717) is 12.3 Å². The maximum Gasteiger partial charge on any atom is 0.0652 e. The minimum Gasteiger partial charge on any atom is -0.392 e. The minimum absolute atomic E-state index is 0.168. The monoisotopic (exact) mass is 269 g/mol. The number of pyridine rings is 1. The van der Waals surface area contributed by atoms with Crippen molar-refractivity contribution in [2.45, 2.75) is 38.7 Å². The molecule has 106 valence electrons. The van der Waals surface area contributed by atoms with Gasteiger partial charge >= 0.3 is 0 Å². The second-order valence-electron chi connectivity index (χ2n) is 5.45. The van der Waals surface area contributed by atoms with E-state index >= 15 is 0 Å². The molecule has 1 aromatic heterocycles. The molecule has 3 atom stereocenters. The molecular weight excluding hydrogens is 246 g/mol. The molecule has 0 amide bonds. The topological polar surface area (TPSA) is 33.1 Å². The van der Waals surface area contributed by atoms with Crippen LogP contribution in [0.5, 0.6) is 0 Å². The highest BCUT2D eigenvalue weighted by Gasteiger charge is 2.26. The smallest absolute Gasteiger partial charge is 0.0652 e. The Morgan fingerprint density at radius 2 is 1.85 bits per heavy atom. The summed E-state index contributed by atoms with van der Waals surface area (Å²) >= 11 is 0. The highest BCUT2D eigenvalue weighted by molar-refractivity contribution is 5.23. The number of aliphatic hydroxyl groups is 1. The summed E-state index contributed by atoms with van der Waals surface area (Å²) in [5.41, 5.74) is 2.31. The van der Waals surface area contributed by atoms with E-state index in [4.69, 9.17) is 0 Å². The zero-order valence-corrected chi connectivity index (χ0v) is 12.2. The lowest BCUT2D eigenvalue weighted by molar-refractivity contribution is 0.117. The SMILES string of the molecule is CCC(C)C(c1ccccc1)C(O)Cc1cccnc1. The Hall–Kier alpha value is -1.67. The molecule has 3 unspecified atom stereocenters. The van der Waals surface area contributed by atoms with Gasteiger partial charge in [0.2, 0.25) is 0 Å². The van der Waals surface area contributed by atoms with Gasteiger partial charge in [-0.2, -0.15) is 0 Å². The first-order valence-electron chi connectivity index (χ1n) is 7.34. The third kappa shape index (κ3) is 3.67. The molecule has 0 aliphatic rings. The molecule has 2 aromatic rings. The third-order valence-electron chi connectivity index (χ3n) is 4.02. The zero-order chi connectivity index (χ0) is 14.4. The second kappa shape index (κ2) is 7.20. The summed E-state index contributed by atoms with van der Waals surface area (Å²) < 4.78 is 0. The molecule has 0 bridgehead atoms. The summed E-state index contributed by atoms with van der Waals surface area (Å²) in [6.45, 7) is 4.39. The molecule has 1 aromatic carbocycles. The van der Waals surface area contributed by atoms with Crippen LogP contribution in [0.15, 0.2) is 54.9 Å². The lowest BCUT2D eigenvalue weighted by Gasteiger charge is -2.28. The molecule has 0 fully saturated rings. The van der Waals surface area contributed by atoms with Gasteiger partial charge in [0.1, 0.15) is 0 Å². The molecule has 0 spiro atoms. The summed E-state index contributed by atoms with van der Waals surface area (Å²) in [5.74, 6) is 0.616. The van der Waals surface area contributed by atoms with Crippen LogP contribution in [0, 0.1) is 5.92 Å². The van der Waals surface area contributed by atoms with Crippen LogP contribution in [0.3, 0.4) is 0 Å². The maximum atomic E-state index is 10.7. The summed E-state index contributed by atoms with van der Waals surface area (Å²) in [6.07, 6.45) is 4.93. The fourth-order valence-electron chi connectivity index (χ4n) is 2.75. The van der Waals surface area contributed by atoms with Gasteiger partial charge in [-0.05, 0) is 23.1 Å². The minimum atomic E-state index is -0.378. The molecule has 2 nitrogen and oxygen atoms in total. The van der Waals surface area contributed by atoms with Gasteiger partial charge < -0.3 is 5.11 Å². The summed E-state index contributed by atoms with van der Waals surface area (Å²) in [7, 11) is 0. The van der Waals surface area contributed by atoms with E-state index in [1.807, 2.05) is 36.5 Å². The van der Waals surface area contributed by atoms with Crippen LogP contribution in [0.25, 0.3) is 0 Å². The van der Waals surface area contributed by atoms with Crippen molar-refractivity contribution in [3.63, 3.8) is 0 Å². The van der Waals surface area contributed by atoms with Gasteiger partial charge in [-0.1, -0.05) is 56.7 Å². The van der Waals surface area contributed by atoms with E-state index in [2.05, 4.69) is 31.0 Å². The normalized spacial score (nSPS) is 15.6. The molecule has 0 aliphatic heterocycles. The van der Waals surface area contributed by atoms with Crippen molar-refractivity contribution in [2.75, 3.05) is 0 Å². The molecule has 2 rings (SSSR count). The Morgan fingerprint density at radius 3 is 2.45 bits per heavy atom. The molecule has 0 saturated heterocycles. The van der Waals surface area contributed by atoms with E-state index in [-0.39, 0.29) is 12.0 Å². The first-order valence-corrected chi connectivity index (χ1v) is 7.34. The van der Waals surface area contributed by atoms with Gasteiger partial charge in [-0.25, -0.2) is 0 Å². The van der Waals surface area contributed by atoms with Gasteiger partial charge in [0.05, 0.1) is 6.10 Å². The summed E-state index contributed by atoms with van der Waals surface area (Å²) in [5, 5.41) is 10.7. The lowest BCUT2D eigenvalue weighted by atomic mass is 9.80. The van der Waals surface area contributed by atoms with Crippen molar-refractivity contribution in [2.24, 2.45) is 5.92 Å². The van der Waals surface area contributed by atoms with E-state index in [1.165, 1.54) is 5.56 Å². The quantitative estimate of drug-likeness (QED) is 0.865. The van der Waals surface area contributed by atoms with Crippen molar-refractivity contribution in [3.05, 3.63) is 66.0 Å². The van der Waals surface area contributed by atoms with Crippen LogP contribution < -0.4 is 0 Å². The number of rotatable bonds is 6. The Balaban J connectivity index is 2.19. The predicted octanol–water partition coefficient (Wildman–Crippen LogP) is 3.81. The molecule has 1 heterocycles. The molecule has 20 heavy (non-hydrogen) atoms. The molecular formula is C18H23NO. The Bertz CT molecular complexity index is 497. The van der Waals surface area contributed by atoms with Crippen LogP contribution in [-0.4, -0.2) is 16.2 Å². The summed E-state index contributed by atoms with van der Waals surface area (Å²) in [6, 6.07) is 14.3. The number of hydrogen-bond donors (Lipinski definition) is 1. The number of aromatic nitrogens is 1. The van der Waals surface area contributed by atoms with Crippen molar-refractivity contribution >= 4 is 0 Å². The Morgan fingerprint density at radius 1 is 1.10 bits per heavy atom. The maximum absolute atomic E-state index is 10.7. The van der Waals surface area contributed by atoms with Crippen molar-refractivity contribution in [3.8, 4) is 0 Å². The predicted molar refractivity (Wildman–Crippen MR) is 82.6 cm³/mol. The largest absolute Gasteiger partial charge is 0.392 e. The van der Waals surface area contributed by atoms with E-state index in [1.54, 1.807) is 6.20 Å². The highest BCUT2D eigenvalue weighted by atomic mass is 16.3. The lowest BCUT2D eigenvalue weighted by Crippen LogP contribution is -2.26. The average Bonchev–Trinajstić information content (AvgIpc) is 2.49.